The summed E-state index contributed by atoms with van der Waals surface area (Å²) in [7, 11) is 0. The first kappa shape index (κ1) is 37.4. The van der Waals surface area contributed by atoms with E-state index in [4.69, 9.17) is 0 Å². The summed E-state index contributed by atoms with van der Waals surface area (Å²) in [5.74, 6) is 0. The Labute approximate surface area is 298 Å². The number of rotatable bonds is 6. The SMILES string of the molecule is CCC(CC)(c1cc2c(-c3ccc(C(C)(C)C)cc3)cccc2[cH-]1)c1cc2c(-c3ccc(C(C)(C)C)cc3)cccc2[cH-]1.[CH3-].[CH3-].[Hf+4]. The molecule has 6 rings (SSSR count). The summed E-state index contributed by atoms with van der Waals surface area (Å²) in [6.45, 7) is 18.4. The van der Waals surface area contributed by atoms with Crippen molar-refractivity contribution >= 4 is 21.5 Å². The second-order valence-corrected chi connectivity index (χ2v) is 14.5. The van der Waals surface area contributed by atoms with Crippen LogP contribution < -0.4 is 0 Å². The van der Waals surface area contributed by atoms with Gasteiger partial charge in [-0.1, -0.05) is 127 Å². The van der Waals surface area contributed by atoms with Crippen LogP contribution in [-0.4, -0.2) is 0 Å². The summed E-state index contributed by atoms with van der Waals surface area (Å²) in [6, 6.07) is 41.8. The van der Waals surface area contributed by atoms with Gasteiger partial charge < -0.3 is 14.9 Å². The van der Waals surface area contributed by atoms with Gasteiger partial charge in [-0.05, 0) is 51.3 Å². The molecular weight excluding hydrogens is 719 g/mol. The van der Waals surface area contributed by atoms with Crippen molar-refractivity contribution in [3.63, 3.8) is 0 Å². The molecule has 0 aliphatic heterocycles. The number of benzene rings is 4. The predicted octanol–water partition coefficient (Wildman–Crippen LogP) is 13.4. The molecular formula is C45H52Hf. The van der Waals surface area contributed by atoms with Crippen LogP contribution >= 0.6 is 0 Å². The van der Waals surface area contributed by atoms with Gasteiger partial charge in [0.25, 0.3) is 0 Å². The Hall–Kier alpha value is -3.03. The first-order valence-corrected chi connectivity index (χ1v) is 16.1. The van der Waals surface area contributed by atoms with Crippen LogP contribution in [0.15, 0.2) is 109 Å². The van der Waals surface area contributed by atoms with Gasteiger partial charge in [-0.2, -0.15) is 12.1 Å². The molecule has 0 saturated carbocycles. The van der Waals surface area contributed by atoms with Gasteiger partial charge in [0.05, 0.1) is 0 Å². The van der Waals surface area contributed by atoms with Crippen molar-refractivity contribution in [1.29, 1.82) is 0 Å². The van der Waals surface area contributed by atoms with Gasteiger partial charge >= 0.3 is 25.8 Å². The smallest absolute Gasteiger partial charge is 0.358 e. The van der Waals surface area contributed by atoms with Crippen molar-refractivity contribution < 1.29 is 25.8 Å². The van der Waals surface area contributed by atoms with Crippen LogP contribution in [0, 0.1) is 14.9 Å². The molecule has 0 nitrogen and oxygen atoms in total. The zero-order valence-corrected chi connectivity index (χ0v) is 33.4. The van der Waals surface area contributed by atoms with E-state index in [1.54, 1.807) is 0 Å². The van der Waals surface area contributed by atoms with Crippen LogP contribution in [0.3, 0.4) is 0 Å². The monoisotopic (exact) mass is 772 g/mol. The van der Waals surface area contributed by atoms with E-state index in [1.165, 1.54) is 66.1 Å². The van der Waals surface area contributed by atoms with Gasteiger partial charge in [0, 0.05) is 0 Å². The fourth-order valence-electron chi connectivity index (χ4n) is 7.06. The average molecular weight is 771 g/mol. The quantitative estimate of drug-likeness (QED) is 0.117. The third kappa shape index (κ3) is 6.68. The summed E-state index contributed by atoms with van der Waals surface area (Å²) < 4.78 is 0. The van der Waals surface area contributed by atoms with E-state index < -0.39 is 0 Å². The molecule has 46 heavy (non-hydrogen) atoms. The molecule has 0 spiro atoms. The van der Waals surface area contributed by atoms with Crippen LogP contribution in [0.1, 0.15) is 90.5 Å². The number of hydrogen-bond donors (Lipinski definition) is 0. The predicted molar refractivity (Wildman–Crippen MR) is 202 cm³/mol. The fourth-order valence-corrected chi connectivity index (χ4v) is 7.06. The fraction of sp³-hybridized carbons (Fsp3) is 0.289. The normalized spacial score (nSPS) is 12.0. The van der Waals surface area contributed by atoms with Gasteiger partial charge in [-0.15, -0.1) is 69.1 Å². The molecule has 0 radical (unpaired) electrons. The molecule has 0 aromatic heterocycles. The number of fused-ring (bicyclic) bond motifs is 2. The summed E-state index contributed by atoms with van der Waals surface area (Å²) in [6.07, 6.45) is 2.11. The van der Waals surface area contributed by atoms with Crippen molar-refractivity contribution in [3.05, 3.63) is 146 Å². The van der Waals surface area contributed by atoms with Crippen LogP contribution in [0.4, 0.5) is 0 Å². The molecule has 6 aromatic carbocycles. The van der Waals surface area contributed by atoms with Gasteiger partial charge in [0.1, 0.15) is 0 Å². The molecule has 0 fully saturated rings. The Morgan fingerprint density at radius 3 is 1.15 bits per heavy atom. The van der Waals surface area contributed by atoms with Crippen molar-refractivity contribution in [3.8, 4) is 22.3 Å². The minimum absolute atomic E-state index is 0. The summed E-state index contributed by atoms with van der Waals surface area (Å²) in [5.41, 5.74) is 11.1. The van der Waals surface area contributed by atoms with Crippen molar-refractivity contribution in [2.45, 2.75) is 84.5 Å². The number of hydrogen-bond acceptors (Lipinski definition) is 0. The van der Waals surface area contributed by atoms with E-state index in [1.807, 2.05) is 0 Å². The van der Waals surface area contributed by atoms with Gasteiger partial charge in [-0.25, -0.2) is 0 Å². The van der Waals surface area contributed by atoms with E-state index in [9.17, 15) is 0 Å². The van der Waals surface area contributed by atoms with Gasteiger partial charge in [0.15, 0.2) is 0 Å². The Balaban J connectivity index is 0.00000192. The zero-order valence-electron chi connectivity index (χ0n) is 29.8. The first-order valence-electron chi connectivity index (χ1n) is 16.1. The van der Waals surface area contributed by atoms with Crippen LogP contribution in [0.5, 0.6) is 0 Å². The Morgan fingerprint density at radius 2 is 0.848 bits per heavy atom. The maximum absolute atomic E-state index is 2.49. The zero-order chi connectivity index (χ0) is 30.6. The molecule has 0 amide bonds. The Bertz CT molecular complexity index is 1730. The maximum atomic E-state index is 2.49. The summed E-state index contributed by atoms with van der Waals surface area (Å²) >= 11 is 0. The minimum atomic E-state index is -0.0429. The van der Waals surface area contributed by atoms with E-state index in [-0.39, 0.29) is 56.9 Å². The minimum Gasteiger partial charge on any atom is -0.358 e. The third-order valence-electron chi connectivity index (χ3n) is 9.94. The van der Waals surface area contributed by atoms with E-state index in [2.05, 4.69) is 165 Å². The van der Waals surface area contributed by atoms with Gasteiger partial charge in [0.2, 0.25) is 0 Å². The topological polar surface area (TPSA) is 0 Å². The van der Waals surface area contributed by atoms with Crippen LogP contribution in [0.2, 0.25) is 0 Å². The maximum Gasteiger partial charge on any atom is 4.00 e. The van der Waals surface area contributed by atoms with Crippen LogP contribution in [-0.2, 0) is 42.1 Å². The molecule has 236 valence electrons. The molecule has 0 N–H and O–H groups in total. The molecule has 0 saturated heterocycles. The van der Waals surface area contributed by atoms with Crippen LogP contribution in [0.25, 0.3) is 43.8 Å². The van der Waals surface area contributed by atoms with Crippen molar-refractivity contribution in [2.75, 3.05) is 0 Å². The van der Waals surface area contributed by atoms with E-state index >= 15 is 0 Å². The Morgan fingerprint density at radius 1 is 0.500 bits per heavy atom. The molecule has 0 bridgehead atoms. The second-order valence-electron chi connectivity index (χ2n) is 14.5. The van der Waals surface area contributed by atoms with E-state index in [0.717, 1.165) is 12.8 Å². The van der Waals surface area contributed by atoms with Crippen molar-refractivity contribution in [2.24, 2.45) is 0 Å². The molecule has 6 aromatic rings. The molecule has 1 heteroatoms. The van der Waals surface area contributed by atoms with E-state index in [0.29, 0.717) is 0 Å². The van der Waals surface area contributed by atoms with Crippen molar-refractivity contribution in [1.82, 2.24) is 0 Å². The first-order chi connectivity index (χ1) is 20.4. The largest absolute Gasteiger partial charge is 4.00 e. The average Bonchev–Trinajstić information content (AvgIpc) is 3.63. The standard InChI is InChI=1S/C43H46.2CH3.Hf/c1-9-43(10-2,35-25-31-13-11-15-37(39(31)27-35)29-17-21-33(22-18-29)41(3,4)5)36-26-32-14-12-16-38(40(32)28-36)30-19-23-34(24-20-30)42(6,7)8;;;/h11-28H,9-10H2,1-8H3;2*1H3;/q-2;2*-1;+4. The Kier molecular flexibility index (Phi) is 11.4. The summed E-state index contributed by atoms with van der Waals surface area (Å²) in [5, 5.41) is 5.36. The van der Waals surface area contributed by atoms with Gasteiger partial charge in [-0.3, -0.25) is 0 Å². The molecule has 0 atom stereocenters. The summed E-state index contributed by atoms with van der Waals surface area (Å²) in [4.78, 5) is 0. The molecule has 0 aliphatic carbocycles. The molecule has 0 heterocycles. The molecule has 0 unspecified atom stereocenters. The second kappa shape index (κ2) is 14.0. The molecule has 0 aliphatic rings. The third-order valence-corrected chi connectivity index (χ3v) is 9.94.